The molecule has 0 bridgehead atoms. The van der Waals surface area contributed by atoms with E-state index in [0.29, 0.717) is 5.69 Å². The summed E-state index contributed by atoms with van der Waals surface area (Å²) in [5.74, 6) is -1.27. The highest BCUT2D eigenvalue weighted by Gasteiger charge is 2.16. The van der Waals surface area contributed by atoms with E-state index in [1.807, 2.05) is 36.9 Å². The van der Waals surface area contributed by atoms with Crippen LogP contribution in [-0.4, -0.2) is 20.8 Å². The van der Waals surface area contributed by atoms with Gasteiger partial charge in [-0.15, -0.1) is 0 Å². The van der Waals surface area contributed by atoms with Crippen LogP contribution in [0.15, 0.2) is 35.0 Å². The fourth-order valence-corrected chi connectivity index (χ4v) is 2.21. The number of carboxylic acids is 1. The van der Waals surface area contributed by atoms with Crippen molar-refractivity contribution in [1.82, 2.24) is 9.72 Å². The lowest BCUT2D eigenvalue weighted by Gasteiger charge is -1.97. The number of aryl methyl sites for hydroxylation is 2. The van der Waals surface area contributed by atoms with E-state index >= 15 is 0 Å². The van der Waals surface area contributed by atoms with Crippen LogP contribution >= 0.6 is 0 Å². The predicted octanol–water partition coefficient (Wildman–Crippen LogP) is 2.84. The zero-order valence-corrected chi connectivity index (χ0v) is 10.5. The average Bonchev–Trinajstić information content (AvgIpc) is 2.94. The number of carboxylic acid groups (broad SMARTS) is 1. The average molecular weight is 256 g/mol. The van der Waals surface area contributed by atoms with Crippen LogP contribution in [0.3, 0.4) is 0 Å². The molecule has 0 aliphatic heterocycles. The minimum atomic E-state index is -1.12. The number of hydrogen-bond acceptors (Lipinski definition) is 3. The highest BCUT2D eigenvalue weighted by atomic mass is 16.5. The van der Waals surface area contributed by atoms with Crippen molar-refractivity contribution >= 4 is 16.9 Å². The molecule has 5 nitrogen and oxygen atoms in total. The Labute approximate surface area is 109 Å². The largest absolute Gasteiger partial charge is 0.475 e. The van der Waals surface area contributed by atoms with Crippen molar-refractivity contribution in [2.45, 2.75) is 6.92 Å². The van der Waals surface area contributed by atoms with Gasteiger partial charge in [-0.25, -0.2) is 4.79 Å². The molecule has 0 unspecified atom stereocenters. The van der Waals surface area contributed by atoms with E-state index in [2.05, 4.69) is 11.2 Å². The van der Waals surface area contributed by atoms with Crippen LogP contribution in [0.25, 0.3) is 22.2 Å². The first kappa shape index (κ1) is 11.5. The van der Waals surface area contributed by atoms with E-state index in [4.69, 9.17) is 9.63 Å². The van der Waals surface area contributed by atoms with E-state index in [9.17, 15) is 4.79 Å². The molecule has 0 fully saturated rings. The standard InChI is InChI=1S/C14H12N2O3/c1-8-3-4-12-9(5-8)10(7-16(12)2)11-6-13(14(17)18)19-15-11/h3-7H,1-2H3,(H,17,18). The third-order valence-corrected chi connectivity index (χ3v) is 3.14. The fourth-order valence-electron chi connectivity index (χ4n) is 2.21. The number of rotatable bonds is 2. The quantitative estimate of drug-likeness (QED) is 0.765. The van der Waals surface area contributed by atoms with Gasteiger partial charge in [0.2, 0.25) is 5.76 Å². The summed E-state index contributed by atoms with van der Waals surface area (Å²) < 4.78 is 6.80. The highest BCUT2D eigenvalue weighted by molar-refractivity contribution is 5.96. The molecule has 5 heteroatoms. The van der Waals surface area contributed by atoms with Gasteiger partial charge in [-0.05, 0) is 19.1 Å². The summed E-state index contributed by atoms with van der Waals surface area (Å²) in [7, 11) is 1.94. The maximum Gasteiger partial charge on any atom is 0.374 e. The number of carbonyl (C=O) groups is 1. The third-order valence-electron chi connectivity index (χ3n) is 3.14. The Morgan fingerprint density at radius 1 is 1.37 bits per heavy atom. The van der Waals surface area contributed by atoms with Crippen molar-refractivity contribution in [2.24, 2.45) is 7.05 Å². The maximum atomic E-state index is 10.8. The molecule has 0 saturated heterocycles. The summed E-state index contributed by atoms with van der Waals surface area (Å²) in [6.45, 7) is 2.02. The number of aromatic nitrogens is 2. The molecule has 0 aliphatic rings. The topological polar surface area (TPSA) is 68.3 Å². The molecule has 0 aliphatic carbocycles. The summed E-state index contributed by atoms with van der Waals surface area (Å²) in [5, 5.41) is 13.7. The van der Waals surface area contributed by atoms with Gasteiger partial charge in [0.15, 0.2) is 0 Å². The van der Waals surface area contributed by atoms with E-state index in [1.165, 1.54) is 6.07 Å². The summed E-state index contributed by atoms with van der Waals surface area (Å²) in [6, 6.07) is 7.57. The van der Waals surface area contributed by atoms with Crippen molar-refractivity contribution < 1.29 is 14.4 Å². The molecule has 1 aromatic carbocycles. The lowest BCUT2D eigenvalue weighted by molar-refractivity contribution is 0.0652. The van der Waals surface area contributed by atoms with Crippen LogP contribution < -0.4 is 0 Å². The van der Waals surface area contributed by atoms with Crippen LogP contribution in [0.5, 0.6) is 0 Å². The van der Waals surface area contributed by atoms with Gasteiger partial charge in [0.1, 0.15) is 5.69 Å². The second kappa shape index (κ2) is 3.98. The summed E-state index contributed by atoms with van der Waals surface area (Å²) in [4.78, 5) is 10.8. The van der Waals surface area contributed by atoms with E-state index in [0.717, 1.165) is 22.0 Å². The van der Waals surface area contributed by atoms with Gasteiger partial charge in [-0.1, -0.05) is 16.8 Å². The number of hydrogen-bond donors (Lipinski definition) is 1. The van der Waals surface area contributed by atoms with Crippen LogP contribution in [-0.2, 0) is 7.05 Å². The van der Waals surface area contributed by atoms with Crippen molar-refractivity contribution in [1.29, 1.82) is 0 Å². The summed E-state index contributed by atoms with van der Waals surface area (Å²) in [6.07, 6.45) is 1.92. The van der Waals surface area contributed by atoms with Crippen molar-refractivity contribution in [3.63, 3.8) is 0 Å². The predicted molar refractivity (Wildman–Crippen MR) is 70.1 cm³/mol. The molecular formula is C14H12N2O3. The third kappa shape index (κ3) is 1.79. The zero-order chi connectivity index (χ0) is 13.6. The monoisotopic (exact) mass is 256 g/mol. The molecule has 3 aromatic rings. The molecule has 0 saturated carbocycles. The van der Waals surface area contributed by atoms with Crippen LogP contribution in [0.2, 0.25) is 0 Å². The SMILES string of the molecule is Cc1ccc2c(c1)c(-c1cc(C(=O)O)on1)cn2C. The first-order valence-electron chi connectivity index (χ1n) is 5.82. The number of aromatic carboxylic acids is 1. The Hall–Kier alpha value is -2.56. The summed E-state index contributed by atoms with van der Waals surface area (Å²) >= 11 is 0. The van der Waals surface area contributed by atoms with Crippen LogP contribution in [0.4, 0.5) is 0 Å². The molecule has 3 rings (SSSR count). The van der Waals surface area contributed by atoms with Crippen molar-refractivity contribution in [3.8, 4) is 11.3 Å². The fraction of sp³-hybridized carbons (Fsp3) is 0.143. The zero-order valence-electron chi connectivity index (χ0n) is 10.5. The molecular weight excluding hydrogens is 244 g/mol. The first-order valence-corrected chi connectivity index (χ1v) is 5.82. The van der Waals surface area contributed by atoms with Gasteiger partial charge in [-0.2, -0.15) is 0 Å². The summed E-state index contributed by atoms with van der Waals surface area (Å²) in [5.41, 5.74) is 3.62. The molecule has 96 valence electrons. The normalized spacial score (nSPS) is 11.1. The molecule has 1 N–H and O–H groups in total. The lowest BCUT2D eigenvalue weighted by atomic mass is 10.1. The number of fused-ring (bicyclic) bond motifs is 1. The van der Waals surface area contributed by atoms with E-state index < -0.39 is 5.97 Å². The lowest BCUT2D eigenvalue weighted by Crippen LogP contribution is -1.91. The highest BCUT2D eigenvalue weighted by Crippen LogP contribution is 2.30. The molecule has 19 heavy (non-hydrogen) atoms. The van der Waals surface area contributed by atoms with Crippen LogP contribution in [0, 0.1) is 6.92 Å². The Kier molecular flexibility index (Phi) is 2.41. The minimum absolute atomic E-state index is 0.153. The number of nitrogens with zero attached hydrogens (tertiary/aromatic N) is 2. The Bertz CT molecular complexity index is 783. The Balaban J connectivity index is 2.23. The molecule has 2 heterocycles. The minimum Gasteiger partial charge on any atom is -0.475 e. The number of benzene rings is 1. The maximum absolute atomic E-state index is 10.8. The molecule has 0 amide bonds. The van der Waals surface area contributed by atoms with Gasteiger partial charge in [0, 0.05) is 35.8 Å². The molecule has 2 aromatic heterocycles. The molecule has 0 radical (unpaired) electrons. The van der Waals surface area contributed by atoms with Gasteiger partial charge in [0.25, 0.3) is 0 Å². The van der Waals surface area contributed by atoms with Crippen molar-refractivity contribution in [2.75, 3.05) is 0 Å². The van der Waals surface area contributed by atoms with Gasteiger partial charge < -0.3 is 14.2 Å². The first-order chi connectivity index (χ1) is 9.06. The second-order valence-electron chi connectivity index (χ2n) is 4.56. The van der Waals surface area contributed by atoms with E-state index in [-0.39, 0.29) is 5.76 Å². The van der Waals surface area contributed by atoms with Gasteiger partial charge >= 0.3 is 5.97 Å². The van der Waals surface area contributed by atoms with Gasteiger partial charge in [0.05, 0.1) is 0 Å². The Morgan fingerprint density at radius 2 is 2.16 bits per heavy atom. The Morgan fingerprint density at radius 3 is 2.84 bits per heavy atom. The second-order valence-corrected chi connectivity index (χ2v) is 4.56. The van der Waals surface area contributed by atoms with E-state index in [1.54, 1.807) is 0 Å². The smallest absolute Gasteiger partial charge is 0.374 e. The molecule has 0 atom stereocenters. The molecule has 0 spiro atoms. The van der Waals surface area contributed by atoms with Crippen LogP contribution in [0.1, 0.15) is 16.1 Å². The van der Waals surface area contributed by atoms with Gasteiger partial charge in [-0.3, -0.25) is 0 Å². The van der Waals surface area contributed by atoms with Crippen molar-refractivity contribution in [3.05, 3.63) is 41.8 Å².